The summed E-state index contributed by atoms with van der Waals surface area (Å²) in [5, 5.41) is 6.78. The number of rotatable bonds is 6. The average molecular weight is 383 g/mol. The van der Waals surface area contributed by atoms with Crippen LogP contribution in [0.2, 0.25) is 0 Å². The van der Waals surface area contributed by atoms with E-state index in [0.717, 1.165) is 4.68 Å². The highest BCUT2D eigenvalue weighted by atomic mass is 19.1. The summed E-state index contributed by atoms with van der Waals surface area (Å²) in [4.78, 5) is 24.6. The molecule has 3 rings (SSSR count). The van der Waals surface area contributed by atoms with Crippen molar-refractivity contribution in [2.45, 2.75) is 6.54 Å². The van der Waals surface area contributed by atoms with E-state index in [0.29, 0.717) is 22.7 Å². The van der Waals surface area contributed by atoms with E-state index in [1.807, 2.05) is 0 Å². The lowest BCUT2D eigenvalue weighted by Gasteiger charge is -2.10. The Morgan fingerprint density at radius 2 is 1.79 bits per heavy atom. The second-order valence-corrected chi connectivity index (χ2v) is 5.90. The smallest absolute Gasteiger partial charge is 0.276 e. The molecular formula is C20H18FN3O4. The monoisotopic (exact) mass is 383 g/mol. The van der Waals surface area contributed by atoms with Crippen molar-refractivity contribution in [1.29, 1.82) is 0 Å². The molecule has 3 aromatic rings. The lowest BCUT2D eigenvalue weighted by atomic mass is 10.2. The van der Waals surface area contributed by atoms with Crippen molar-refractivity contribution in [1.82, 2.24) is 9.78 Å². The fourth-order valence-corrected chi connectivity index (χ4v) is 2.57. The number of methoxy groups -OCH3 is 2. The van der Waals surface area contributed by atoms with Gasteiger partial charge >= 0.3 is 0 Å². The van der Waals surface area contributed by atoms with Gasteiger partial charge in [-0.3, -0.25) is 9.59 Å². The third kappa shape index (κ3) is 4.53. The van der Waals surface area contributed by atoms with E-state index >= 15 is 0 Å². The zero-order chi connectivity index (χ0) is 20.1. The number of hydrogen-bond acceptors (Lipinski definition) is 5. The van der Waals surface area contributed by atoms with Crippen LogP contribution in [0.15, 0.2) is 59.4 Å². The number of aromatic nitrogens is 2. The summed E-state index contributed by atoms with van der Waals surface area (Å²) in [6.45, 7) is 0.0463. The number of ether oxygens (including phenoxy) is 2. The Hall–Kier alpha value is -3.68. The number of nitrogens with zero attached hydrogens (tertiary/aromatic N) is 2. The first kappa shape index (κ1) is 19.1. The predicted octanol–water partition coefficient (Wildman–Crippen LogP) is 2.70. The van der Waals surface area contributed by atoms with Crippen LogP contribution in [0, 0.1) is 5.82 Å². The first-order valence-electron chi connectivity index (χ1n) is 8.35. The molecule has 1 amide bonds. The van der Waals surface area contributed by atoms with E-state index in [2.05, 4.69) is 10.4 Å². The first-order valence-corrected chi connectivity index (χ1v) is 8.35. The van der Waals surface area contributed by atoms with Crippen LogP contribution in [0.5, 0.6) is 11.5 Å². The molecule has 0 saturated heterocycles. The van der Waals surface area contributed by atoms with Gasteiger partial charge in [0.05, 0.1) is 20.8 Å². The molecule has 144 valence electrons. The molecule has 0 bridgehead atoms. The highest BCUT2D eigenvalue weighted by molar-refractivity contribution is 6.02. The Morgan fingerprint density at radius 1 is 1.07 bits per heavy atom. The summed E-state index contributed by atoms with van der Waals surface area (Å²) >= 11 is 0. The van der Waals surface area contributed by atoms with Crippen LogP contribution in [-0.4, -0.2) is 29.9 Å². The minimum atomic E-state index is -0.511. The van der Waals surface area contributed by atoms with Gasteiger partial charge in [-0.15, -0.1) is 0 Å². The molecule has 0 spiro atoms. The lowest BCUT2D eigenvalue weighted by Crippen LogP contribution is -2.26. The first-order chi connectivity index (χ1) is 13.5. The van der Waals surface area contributed by atoms with Crippen LogP contribution in [0.3, 0.4) is 0 Å². The minimum absolute atomic E-state index is 0.0396. The largest absolute Gasteiger partial charge is 0.497 e. The minimum Gasteiger partial charge on any atom is -0.497 e. The number of nitrogens with one attached hydrogen (secondary N) is 1. The van der Waals surface area contributed by atoms with Gasteiger partial charge in [-0.2, -0.15) is 5.10 Å². The van der Waals surface area contributed by atoms with Gasteiger partial charge in [0.1, 0.15) is 23.0 Å². The number of hydrogen-bond donors (Lipinski definition) is 1. The second kappa shape index (κ2) is 8.34. The molecule has 0 atom stereocenters. The molecule has 1 N–H and O–H groups in total. The molecule has 8 heteroatoms. The van der Waals surface area contributed by atoms with E-state index in [-0.39, 0.29) is 12.2 Å². The van der Waals surface area contributed by atoms with Crippen molar-refractivity contribution in [3.63, 3.8) is 0 Å². The van der Waals surface area contributed by atoms with Crippen molar-refractivity contribution in [3.05, 3.63) is 82.0 Å². The van der Waals surface area contributed by atoms with Crippen molar-refractivity contribution in [3.8, 4) is 11.5 Å². The maximum absolute atomic E-state index is 13.4. The van der Waals surface area contributed by atoms with Gasteiger partial charge in [0.25, 0.3) is 11.5 Å². The second-order valence-electron chi connectivity index (χ2n) is 5.90. The van der Waals surface area contributed by atoms with Crippen molar-refractivity contribution < 1.29 is 18.7 Å². The van der Waals surface area contributed by atoms with E-state index in [1.165, 1.54) is 38.5 Å². The fourth-order valence-electron chi connectivity index (χ4n) is 2.57. The quantitative estimate of drug-likeness (QED) is 0.708. The molecule has 0 saturated carbocycles. The summed E-state index contributed by atoms with van der Waals surface area (Å²) in [7, 11) is 3.01. The third-order valence-electron chi connectivity index (χ3n) is 3.93. The molecule has 0 fully saturated rings. The molecule has 7 nitrogen and oxygen atoms in total. The fraction of sp³-hybridized carbons (Fsp3) is 0.150. The van der Waals surface area contributed by atoms with Gasteiger partial charge in [-0.25, -0.2) is 9.07 Å². The molecule has 0 unspecified atom stereocenters. The van der Waals surface area contributed by atoms with Gasteiger partial charge in [-0.05, 0) is 23.8 Å². The van der Waals surface area contributed by atoms with E-state index in [1.54, 1.807) is 30.3 Å². The van der Waals surface area contributed by atoms with E-state index in [9.17, 15) is 14.0 Å². The molecule has 28 heavy (non-hydrogen) atoms. The molecule has 1 aromatic heterocycles. The number of carbonyl (C=O) groups excluding carboxylic acids is 1. The number of benzene rings is 2. The topological polar surface area (TPSA) is 82.5 Å². The number of halogens is 1. The van der Waals surface area contributed by atoms with E-state index in [4.69, 9.17) is 9.47 Å². The van der Waals surface area contributed by atoms with E-state index < -0.39 is 17.3 Å². The Bertz CT molecular complexity index is 1040. The molecule has 0 aliphatic carbocycles. The highest BCUT2D eigenvalue weighted by Gasteiger charge is 2.12. The van der Waals surface area contributed by atoms with Crippen molar-refractivity contribution >= 4 is 11.6 Å². The zero-order valence-electron chi connectivity index (χ0n) is 15.3. The Morgan fingerprint density at radius 3 is 2.43 bits per heavy atom. The normalized spacial score (nSPS) is 10.4. The average Bonchev–Trinajstić information content (AvgIpc) is 2.69. The van der Waals surface area contributed by atoms with Crippen LogP contribution < -0.4 is 20.3 Å². The predicted molar refractivity (Wildman–Crippen MR) is 101 cm³/mol. The van der Waals surface area contributed by atoms with Crippen LogP contribution in [0.25, 0.3) is 0 Å². The Balaban J connectivity index is 1.84. The molecule has 1 heterocycles. The van der Waals surface area contributed by atoms with Gasteiger partial charge in [0, 0.05) is 30.0 Å². The molecular weight excluding hydrogens is 365 g/mol. The Kier molecular flexibility index (Phi) is 5.69. The molecule has 2 aromatic carbocycles. The van der Waals surface area contributed by atoms with Gasteiger partial charge in [-0.1, -0.05) is 12.1 Å². The van der Waals surface area contributed by atoms with Crippen molar-refractivity contribution in [2.24, 2.45) is 0 Å². The summed E-state index contributed by atoms with van der Waals surface area (Å²) in [6.07, 6.45) is 0. The number of anilines is 1. The maximum atomic E-state index is 13.4. The summed E-state index contributed by atoms with van der Waals surface area (Å²) in [5.41, 5.74) is 0.650. The summed E-state index contributed by atoms with van der Waals surface area (Å²) in [5.74, 6) is 0.104. The van der Waals surface area contributed by atoms with Gasteiger partial charge in [0.15, 0.2) is 0 Å². The standard InChI is InChI=1S/C20H18FN3O4/c1-27-16-9-15(10-17(11-16)28-2)22-20(26)18-6-7-19(25)24(23-18)12-13-4-3-5-14(21)8-13/h3-11H,12H2,1-2H3,(H,22,26). The van der Waals surface area contributed by atoms with Gasteiger partial charge < -0.3 is 14.8 Å². The van der Waals surface area contributed by atoms with Crippen LogP contribution in [0.4, 0.5) is 10.1 Å². The van der Waals surface area contributed by atoms with Crippen LogP contribution in [-0.2, 0) is 6.54 Å². The van der Waals surface area contributed by atoms with Gasteiger partial charge in [0.2, 0.25) is 0 Å². The third-order valence-corrected chi connectivity index (χ3v) is 3.93. The Labute approximate surface area is 160 Å². The number of amides is 1. The summed E-state index contributed by atoms with van der Waals surface area (Å²) in [6, 6.07) is 13.3. The SMILES string of the molecule is COc1cc(NC(=O)c2ccc(=O)n(Cc3cccc(F)c3)n2)cc(OC)c1. The number of carbonyl (C=O) groups is 1. The highest BCUT2D eigenvalue weighted by Crippen LogP contribution is 2.26. The maximum Gasteiger partial charge on any atom is 0.276 e. The zero-order valence-corrected chi connectivity index (χ0v) is 15.3. The van der Waals surface area contributed by atoms with Crippen LogP contribution in [0.1, 0.15) is 16.1 Å². The summed E-state index contributed by atoms with van der Waals surface area (Å²) < 4.78 is 24.8. The molecule has 0 aliphatic rings. The molecule has 0 radical (unpaired) electrons. The lowest BCUT2D eigenvalue weighted by molar-refractivity contribution is 0.102. The van der Waals surface area contributed by atoms with Crippen molar-refractivity contribution in [2.75, 3.05) is 19.5 Å². The molecule has 0 aliphatic heterocycles. The van der Waals surface area contributed by atoms with Crippen LogP contribution >= 0.6 is 0 Å².